The van der Waals surface area contributed by atoms with Gasteiger partial charge in [-0.3, -0.25) is 5.10 Å². The Hall–Kier alpha value is -2.34. The number of benzene rings is 1. The number of carbonyl (C=O) groups excluding carboxylic acids is 1. The summed E-state index contributed by atoms with van der Waals surface area (Å²) in [4.78, 5) is 16.5. The second-order valence-corrected chi connectivity index (χ2v) is 6.63. The number of nitrogens with one attached hydrogen (secondary N) is 2. The number of anilines is 1. The summed E-state index contributed by atoms with van der Waals surface area (Å²) in [5, 5.41) is 9.84. The van der Waals surface area contributed by atoms with Crippen molar-refractivity contribution >= 4 is 11.7 Å². The van der Waals surface area contributed by atoms with Gasteiger partial charge in [-0.25, -0.2) is 4.79 Å². The molecule has 6 heteroatoms. The van der Waals surface area contributed by atoms with Crippen LogP contribution in [0.4, 0.5) is 10.5 Å². The van der Waals surface area contributed by atoms with Crippen LogP contribution in [0.3, 0.4) is 0 Å². The molecule has 2 aromatic rings. The number of urea groups is 1. The molecule has 1 aromatic heterocycles. The summed E-state index contributed by atoms with van der Waals surface area (Å²) in [5.74, 6) is 0.558. The second-order valence-electron chi connectivity index (χ2n) is 6.63. The highest BCUT2D eigenvalue weighted by molar-refractivity contribution is 5.89. The number of likely N-dealkylation sites (tertiary alicyclic amines) is 1. The fourth-order valence-corrected chi connectivity index (χ4v) is 3.26. The van der Waals surface area contributed by atoms with Crippen molar-refractivity contribution in [2.75, 3.05) is 39.0 Å². The van der Waals surface area contributed by atoms with Gasteiger partial charge in [0.2, 0.25) is 0 Å². The first-order chi connectivity index (χ1) is 11.6. The highest BCUT2D eigenvalue weighted by Gasteiger charge is 2.20. The van der Waals surface area contributed by atoms with Crippen LogP contribution >= 0.6 is 0 Å². The number of carbonyl (C=O) groups is 1. The Kier molecular flexibility index (Phi) is 5.15. The Morgan fingerprint density at radius 2 is 2.17 bits per heavy atom. The summed E-state index contributed by atoms with van der Waals surface area (Å²) in [6.07, 6.45) is 4.13. The highest BCUT2D eigenvalue weighted by atomic mass is 16.2. The van der Waals surface area contributed by atoms with Crippen molar-refractivity contribution in [3.63, 3.8) is 0 Å². The molecule has 1 saturated heterocycles. The first-order valence-electron chi connectivity index (χ1n) is 8.42. The van der Waals surface area contributed by atoms with E-state index in [1.807, 2.05) is 37.4 Å². The maximum Gasteiger partial charge on any atom is 0.321 e. The van der Waals surface area contributed by atoms with Crippen LogP contribution in [0.5, 0.6) is 0 Å². The molecule has 1 aliphatic rings. The van der Waals surface area contributed by atoms with Crippen molar-refractivity contribution in [3.8, 4) is 11.3 Å². The number of H-pyrrole nitrogens is 1. The molecule has 3 rings (SSSR count). The number of piperidine rings is 1. The summed E-state index contributed by atoms with van der Waals surface area (Å²) >= 11 is 0. The molecule has 128 valence electrons. The van der Waals surface area contributed by atoms with E-state index in [9.17, 15) is 4.79 Å². The average molecular weight is 327 g/mol. The third-order valence-electron chi connectivity index (χ3n) is 4.55. The second kappa shape index (κ2) is 7.49. The number of hydrogen-bond acceptors (Lipinski definition) is 3. The van der Waals surface area contributed by atoms with Crippen molar-refractivity contribution in [1.82, 2.24) is 20.0 Å². The fraction of sp³-hybridized carbons (Fsp3) is 0.444. The first kappa shape index (κ1) is 16.5. The molecule has 0 bridgehead atoms. The Bertz CT molecular complexity index is 653. The molecular formula is C18H25N5O. The lowest BCUT2D eigenvalue weighted by Gasteiger charge is -2.32. The molecule has 2 amide bonds. The molecule has 0 unspecified atom stereocenters. The lowest BCUT2D eigenvalue weighted by atomic mass is 9.98. The summed E-state index contributed by atoms with van der Waals surface area (Å²) in [5.41, 5.74) is 2.81. The Morgan fingerprint density at radius 1 is 1.38 bits per heavy atom. The molecule has 2 heterocycles. The van der Waals surface area contributed by atoms with Crippen LogP contribution < -0.4 is 5.32 Å². The minimum Gasteiger partial charge on any atom is -0.327 e. The smallest absolute Gasteiger partial charge is 0.321 e. The lowest BCUT2D eigenvalue weighted by Crippen LogP contribution is -2.41. The number of hydrogen-bond donors (Lipinski definition) is 2. The highest BCUT2D eigenvalue weighted by Crippen LogP contribution is 2.20. The largest absolute Gasteiger partial charge is 0.327 e. The number of aromatic nitrogens is 2. The van der Waals surface area contributed by atoms with E-state index in [1.54, 1.807) is 11.1 Å². The minimum atomic E-state index is -0.0579. The summed E-state index contributed by atoms with van der Waals surface area (Å²) < 4.78 is 0. The monoisotopic (exact) mass is 327 g/mol. The normalized spacial score (nSPS) is 18.3. The predicted molar refractivity (Wildman–Crippen MR) is 95.9 cm³/mol. The molecular weight excluding hydrogens is 302 g/mol. The van der Waals surface area contributed by atoms with Crippen LogP contribution in [-0.4, -0.2) is 59.8 Å². The molecule has 1 aliphatic heterocycles. The fourth-order valence-electron chi connectivity index (χ4n) is 3.26. The molecule has 24 heavy (non-hydrogen) atoms. The van der Waals surface area contributed by atoms with Gasteiger partial charge in [-0.2, -0.15) is 5.10 Å². The number of rotatable bonds is 4. The predicted octanol–water partition coefficient (Wildman–Crippen LogP) is 2.88. The van der Waals surface area contributed by atoms with Gasteiger partial charge in [0.1, 0.15) is 0 Å². The first-order valence-corrected chi connectivity index (χ1v) is 8.42. The number of nitrogens with zero attached hydrogens (tertiary/aromatic N) is 3. The van der Waals surface area contributed by atoms with E-state index < -0.39 is 0 Å². The topological polar surface area (TPSA) is 64.3 Å². The molecule has 1 fully saturated rings. The Labute approximate surface area is 142 Å². The molecule has 0 saturated carbocycles. The van der Waals surface area contributed by atoms with Gasteiger partial charge >= 0.3 is 6.03 Å². The van der Waals surface area contributed by atoms with Crippen LogP contribution in [0, 0.1) is 5.92 Å². The zero-order valence-corrected chi connectivity index (χ0v) is 14.3. The van der Waals surface area contributed by atoms with Gasteiger partial charge in [-0.05, 0) is 56.1 Å². The van der Waals surface area contributed by atoms with E-state index >= 15 is 0 Å². The van der Waals surface area contributed by atoms with E-state index in [-0.39, 0.29) is 6.03 Å². The van der Waals surface area contributed by atoms with Crippen LogP contribution in [0.1, 0.15) is 12.8 Å². The van der Waals surface area contributed by atoms with Crippen molar-refractivity contribution in [2.24, 2.45) is 5.92 Å². The standard InChI is InChI=1S/C18H25N5O/c1-22-11-3-4-14(12-22)13-23(2)18(24)20-16-7-5-15(6-8-16)17-9-10-19-21-17/h5-10,14H,3-4,11-13H2,1-2H3,(H,19,21)(H,20,24)/t14-/m1/s1. The van der Waals surface area contributed by atoms with Crippen molar-refractivity contribution < 1.29 is 4.79 Å². The Balaban J connectivity index is 1.54. The molecule has 1 atom stereocenters. The lowest BCUT2D eigenvalue weighted by molar-refractivity contribution is 0.170. The zero-order chi connectivity index (χ0) is 16.9. The molecule has 0 spiro atoms. The number of amides is 2. The van der Waals surface area contributed by atoms with Crippen LogP contribution in [0.15, 0.2) is 36.5 Å². The molecule has 0 aliphatic carbocycles. The summed E-state index contributed by atoms with van der Waals surface area (Å²) in [6, 6.07) is 9.63. The molecule has 6 nitrogen and oxygen atoms in total. The van der Waals surface area contributed by atoms with Crippen molar-refractivity contribution in [1.29, 1.82) is 0 Å². The zero-order valence-electron chi connectivity index (χ0n) is 14.3. The van der Waals surface area contributed by atoms with Gasteiger partial charge in [0.15, 0.2) is 0 Å². The van der Waals surface area contributed by atoms with E-state index in [1.165, 1.54) is 12.8 Å². The maximum absolute atomic E-state index is 12.4. The van der Waals surface area contributed by atoms with Gasteiger partial charge < -0.3 is 15.1 Å². The average Bonchev–Trinajstić information content (AvgIpc) is 3.10. The van der Waals surface area contributed by atoms with E-state index in [0.717, 1.165) is 36.6 Å². The quantitative estimate of drug-likeness (QED) is 0.907. The molecule has 0 radical (unpaired) electrons. The third-order valence-corrected chi connectivity index (χ3v) is 4.55. The minimum absolute atomic E-state index is 0.0579. The summed E-state index contributed by atoms with van der Waals surface area (Å²) in [6.45, 7) is 3.02. The molecule has 1 aromatic carbocycles. The SMILES string of the molecule is CN1CCC[C@@H](CN(C)C(=O)Nc2ccc(-c3ccn[nH]3)cc2)C1. The van der Waals surface area contributed by atoms with Crippen LogP contribution in [0.25, 0.3) is 11.3 Å². The van der Waals surface area contributed by atoms with Crippen LogP contribution in [-0.2, 0) is 0 Å². The van der Waals surface area contributed by atoms with E-state index in [4.69, 9.17) is 0 Å². The van der Waals surface area contributed by atoms with Gasteiger partial charge in [0, 0.05) is 32.0 Å². The maximum atomic E-state index is 12.4. The summed E-state index contributed by atoms with van der Waals surface area (Å²) in [7, 11) is 4.01. The van der Waals surface area contributed by atoms with E-state index in [2.05, 4.69) is 27.5 Å². The van der Waals surface area contributed by atoms with E-state index in [0.29, 0.717) is 5.92 Å². The van der Waals surface area contributed by atoms with Crippen molar-refractivity contribution in [3.05, 3.63) is 36.5 Å². The third kappa shape index (κ3) is 4.14. The molecule has 2 N–H and O–H groups in total. The van der Waals surface area contributed by atoms with Gasteiger partial charge in [-0.15, -0.1) is 0 Å². The van der Waals surface area contributed by atoms with Crippen molar-refractivity contribution in [2.45, 2.75) is 12.8 Å². The Morgan fingerprint density at radius 3 is 2.83 bits per heavy atom. The van der Waals surface area contributed by atoms with Crippen LogP contribution in [0.2, 0.25) is 0 Å². The van der Waals surface area contributed by atoms with Gasteiger partial charge in [0.25, 0.3) is 0 Å². The number of aromatic amines is 1. The van der Waals surface area contributed by atoms with Gasteiger partial charge in [-0.1, -0.05) is 12.1 Å². The van der Waals surface area contributed by atoms with Gasteiger partial charge in [0.05, 0.1) is 5.69 Å².